The molecular formula is C15H16N2O2. The Morgan fingerprint density at radius 2 is 2.00 bits per heavy atom. The van der Waals surface area contributed by atoms with E-state index >= 15 is 0 Å². The van der Waals surface area contributed by atoms with Gasteiger partial charge in [0.15, 0.2) is 0 Å². The van der Waals surface area contributed by atoms with Crippen molar-refractivity contribution in [2.75, 3.05) is 0 Å². The molecule has 2 atom stereocenters. The monoisotopic (exact) mass is 256 g/mol. The molecule has 0 fully saturated rings. The minimum absolute atomic E-state index is 0.163. The van der Waals surface area contributed by atoms with Gasteiger partial charge in [-0.15, -0.1) is 0 Å². The van der Waals surface area contributed by atoms with E-state index in [1.54, 1.807) is 6.20 Å². The molecule has 2 unspecified atom stereocenters. The first kappa shape index (κ1) is 12.0. The molecule has 2 aromatic rings. The van der Waals surface area contributed by atoms with Crippen LogP contribution >= 0.6 is 0 Å². The van der Waals surface area contributed by atoms with Crippen molar-refractivity contribution >= 4 is 0 Å². The highest BCUT2D eigenvalue weighted by Gasteiger charge is 2.31. The van der Waals surface area contributed by atoms with E-state index in [2.05, 4.69) is 4.98 Å². The maximum Gasteiger partial charge on any atom is 0.125 e. The van der Waals surface area contributed by atoms with Crippen LogP contribution in [0.3, 0.4) is 0 Å². The van der Waals surface area contributed by atoms with Gasteiger partial charge in [-0.05, 0) is 23.8 Å². The van der Waals surface area contributed by atoms with Crippen molar-refractivity contribution < 1.29 is 9.94 Å². The van der Waals surface area contributed by atoms with Gasteiger partial charge in [0.25, 0.3) is 0 Å². The number of aromatic nitrogens is 1. The third-order valence-electron chi connectivity index (χ3n) is 3.25. The van der Waals surface area contributed by atoms with Gasteiger partial charge in [-0.25, -0.2) is 0 Å². The van der Waals surface area contributed by atoms with E-state index in [-0.39, 0.29) is 12.1 Å². The van der Waals surface area contributed by atoms with Gasteiger partial charge >= 0.3 is 0 Å². The summed E-state index contributed by atoms with van der Waals surface area (Å²) in [7, 11) is 0. The topological polar surface area (TPSA) is 48.5 Å². The van der Waals surface area contributed by atoms with Crippen LogP contribution in [-0.4, -0.2) is 21.4 Å². The molecule has 0 radical (unpaired) electrons. The second-order valence-corrected chi connectivity index (χ2v) is 4.55. The number of hydrogen-bond donors (Lipinski definition) is 2. The Kier molecular flexibility index (Phi) is 3.35. The summed E-state index contributed by atoms with van der Waals surface area (Å²) < 4.78 is 5.89. The summed E-state index contributed by atoms with van der Waals surface area (Å²) in [4.78, 5) is 3.12. The molecule has 19 heavy (non-hydrogen) atoms. The summed E-state index contributed by atoms with van der Waals surface area (Å²) in [6.07, 6.45) is 5.19. The Morgan fingerprint density at radius 3 is 2.74 bits per heavy atom. The maximum absolute atomic E-state index is 9.87. The lowest BCUT2D eigenvalue weighted by molar-refractivity contribution is -0.108. The van der Waals surface area contributed by atoms with Crippen LogP contribution in [0.15, 0.2) is 60.9 Å². The molecule has 4 nitrogen and oxygen atoms in total. The third-order valence-corrected chi connectivity index (χ3v) is 3.25. The Labute approximate surface area is 111 Å². The van der Waals surface area contributed by atoms with E-state index in [0.717, 1.165) is 11.3 Å². The van der Waals surface area contributed by atoms with Crippen LogP contribution in [0.25, 0.3) is 0 Å². The van der Waals surface area contributed by atoms with E-state index in [4.69, 9.17) is 4.74 Å². The fourth-order valence-electron chi connectivity index (χ4n) is 2.28. The predicted octanol–water partition coefficient (Wildman–Crippen LogP) is 2.86. The number of hydroxylamine groups is 2. The zero-order chi connectivity index (χ0) is 13.1. The molecule has 0 saturated heterocycles. The number of nitrogens with one attached hydrogen (secondary N) is 1. The summed E-state index contributed by atoms with van der Waals surface area (Å²) in [5, 5.41) is 11.1. The summed E-state index contributed by atoms with van der Waals surface area (Å²) >= 11 is 0. The van der Waals surface area contributed by atoms with Crippen molar-refractivity contribution in [1.29, 1.82) is 0 Å². The molecule has 0 saturated carbocycles. The normalized spacial score (nSPS) is 22.1. The second kappa shape index (κ2) is 5.30. The number of nitrogens with zero attached hydrogens (tertiary/aromatic N) is 1. The molecule has 1 aliphatic rings. The van der Waals surface area contributed by atoms with Crippen molar-refractivity contribution in [3.05, 3.63) is 72.2 Å². The summed E-state index contributed by atoms with van der Waals surface area (Å²) in [6, 6.07) is 13.7. The number of rotatable bonds is 4. The lowest BCUT2D eigenvalue weighted by atomic mass is 10.1. The van der Waals surface area contributed by atoms with Gasteiger partial charge in [0.05, 0.1) is 6.61 Å². The number of hydrogen-bond acceptors (Lipinski definition) is 3. The van der Waals surface area contributed by atoms with Crippen molar-refractivity contribution in [2.45, 2.75) is 18.8 Å². The molecule has 98 valence electrons. The average Bonchev–Trinajstić information content (AvgIpc) is 3.07. The molecule has 1 aromatic heterocycles. The SMILES string of the molecule is ON1C=CC(OCc2ccccc2)C1c1ccc[nH]1. The van der Waals surface area contributed by atoms with Crippen LogP contribution in [0.5, 0.6) is 0 Å². The molecule has 2 N–H and O–H groups in total. The largest absolute Gasteiger partial charge is 0.367 e. The minimum atomic E-state index is -0.210. The highest BCUT2D eigenvalue weighted by Crippen LogP contribution is 2.30. The van der Waals surface area contributed by atoms with Gasteiger partial charge in [0.1, 0.15) is 12.1 Å². The minimum Gasteiger partial charge on any atom is -0.367 e. The van der Waals surface area contributed by atoms with Crippen LogP contribution in [0.4, 0.5) is 0 Å². The van der Waals surface area contributed by atoms with Crippen molar-refractivity contribution in [1.82, 2.24) is 10.0 Å². The van der Waals surface area contributed by atoms with Crippen molar-refractivity contribution in [3.63, 3.8) is 0 Å². The Hall–Kier alpha value is -2.04. The number of benzene rings is 1. The summed E-state index contributed by atoms with van der Waals surface area (Å²) in [5.41, 5.74) is 2.06. The Balaban J connectivity index is 1.68. The number of H-pyrrole nitrogens is 1. The molecule has 1 aliphatic heterocycles. The van der Waals surface area contributed by atoms with Gasteiger partial charge in [0, 0.05) is 18.1 Å². The standard InChI is InChI=1S/C15H16N2O2/c18-17-10-8-14(15(17)13-7-4-9-16-13)19-11-12-5-2-1-3-6-12/h1-10,14-16,18H,11H2. The maximum atomic E-state index is 9.87. The van der Waals surface area contributed by atoms with Crippen LogP contribution in [0, 0.1) is 0 Å². The molecule has 1 aromatic carbocycles. The molecule has 2 heterocycles. The average molecular weight is 256 g/mol. The molecule has 3 rings (SSSR count). The van der Waals surface area contributed by atoms with E-state index in [9.17, 15) is 5.21 Å². The highest BCUT2D eigenvalue weighted by atomic mass is 16.5. The second-order valence-electron chi connectivity index (χ2n) is 4.55. The first-order valence-corrected chi connectivity index (χ1v) is 6.29. The lowest BCUT2D eigenvalue weighted by Crippen LogP contribution is -2.26. The van der Waals surface area contributed by atoms with Gasteiger partial charge in [-0.3, -0.25) is 10.3 Å². The van der Waals surface area contributed by atoms with E-state index in [1.807, 2.05) is 54.7 Å². The number of aromatic amines is 1. The number of ether oxygens (including phenoxy) is 1. The quantitative estimate of drug-likeness (QED) is 0.884. The predicted molar refractivity (Wildman–Crippen MR) is 71.3 cm³/mol. The van der Waals surface area contributed by atoms with Gasteiger partial charge < -0.3 is 9.72 Å². The lowest BCUT2D eigenvalue weighted by Gasteiger charge is -2.24. The Bertz CT molecular complexity index is 537. The third kappa shape index (κ3) is 2.54. The molecule has 0 spiro atoms. The fourth-order valence-corrected chi connectivity index (χ4v) is 2.28. The zero-order valence-corrected chi connectivity index (χ0v) is 10.4. The Morgan fingerprint density at radius 1 is 1.16 bits per heavy atom. The zero-order valence-electron chi connectivity index (χ0n) is 10.4. The van der Waals surface area contributed by atoms with Crippen LogP contribution in [-0.2, 0) is 11.3 Å². The van der Waals surface area contributed by atoms with E-state index in [1.165, 1.54) is 5.06 Å². The molecular weight excluding hydrogens is 240 g/mol. The van der Waals surface area contributed by atoms with Crippen LogP contribution < -0.4 is 0 Å². The summed E-state index contributed by atoms with van der Waals surface area (Å²) in [6.45, 7) is 0.529. The van der Waals surface area contributed by atoms with E-state index in [0.29, 0.717) is 6.61 Å². The van der Waals surface area contributed by atoms with Crippen LogP contribution in [0.1, 0.15) is 17.3 Å². The summed E-state index contributed by atoms with van der Waals surface area (Å²) in [5.74, 6) is 0. The van der Waals surface area contributed by atoms with Gasteiger partial charge in [-0.1, -0.05) is 30.3 Å². The van der Waals surface area contributed by atoms with Crippen molar-refractivity contribution in [3.8, 4) is 0 Å². The van der Waals surface area contributed by atoms with Gasteiger partial charge in [-0.2, -0.15) is 0 Å². The highest BCUT2D eigenvalue weighted by molar-refractivity contribution is 5.19. The molecule has 0 amide bonds. The van der Waals surface area contributed by atoms with E-state index < -0.39 is 0 Å². The molecule has 0 aliphatic carbocycles. The molecule has 0 bridgehead atoms. The first-order chi connectivity index (χ1) is 9.34. The van der Waals surface area contributed by atoms with Crippen molar-refractivity contribution in [2.24, 2.45) is 0 Å². The van der Waals surface area contributed by atoms with Gasteiger partial charge in [0.2, 0.25) is 0 Å². The fraction of sp³-hybridized carbons (Fsp3) is 0.200. The first-order valence-electron chi connectivity index (χ1n) is 6.29. The smallest absolute Gasteiger partial charge is 0.125 e. The molecule has 4 heteroatoms. The van der Waals surface area contributed by atoms with Crippen LogP contribution in [0.2, 0.25) is 0 Å².